The molecular weight excluding hydrogens is 226 g/mol. The smallest absolute Gasteiger partial charge is 0.133 e. The molecule has 4 heteroatoms. The van der Waals surface area contributed by atoms with Crippen molar-refractivity contribution >= 4 is 0 Å². The minimum Gasteiger partial charge on any atom is -0.506 e. The molecule has 0 saturated heterocycles. The highest BCUT2D eigenvalue weighted by Gasteiger charge is 2.09. The molecule has 0 atom stereocenters. The average Bonchev–Trinajstić information content (AvgIpc) is 2.28. The molecule has 0 saturated carbocycles. The lowest BCUT2D eigenvalue weighted by molar-refractivity contribution is 0.209. The fourth-order valence-corrected chi connectivity index (χ4v) is 1.83. The Morgan fingerprint density at radius 1 is 1.22 bits per heavy atom. The van der Waals surface area contributed by atoms with Crippen LogP contribution in [0.2, 0.25) is 0 Å². The number of rotatable bonds is 7. The summed E-state index contributed by atoms with van der Waals surface area (Å²) in [6, 6.07) is 3.58. The highest BCUT2D eigenvalue weighted by molar-refractivity contribution is 5.17. The molecule has 0 aliphatic heterocycles. The second kappa shape index (κ2) is 7.34. The predicted molar refractivity (Wildman–Crippen MR) is 74.6 cm³/mol. The fourth-order valence-electron chi connectivity index (χ4n) is 1.83. The number of aromatic hydroxyl groups is 1. The Bertz CT molecular complexity index is 335. The van der Waals surface area contributed by atoms with Gasteiger partial charge in [0, 0.05) is 26.2 Å². The molecule has 1 aromatic rings. The molecule has 0 aromatic carbocycles. The maximum atomic E-state index is 9.23. The van der Waals surface area contributed by atoms with Crippen molar-refractivity contribution in [3.05, 3.63) is 24.0 Å². The molecule has 0 fully saturated rings. The molecule has 18 heavy (non-hydrogen) atoms. The van der Waals surface area contributed by atoms with E-state index in [1.165, 1.54) is 6.20 Å². The van der Waals surface area contributed by atoms with Crippen LogP contribution in [0.15, 0.2) is 18.3 Å². The molecule has 0 spiro atoms. The number of nitrogens with zero attached hydrogens (tertiary/aromatic N) is 3. The van der Waals surface area contributed by atoms with Gasteiger partial charge in [-0.1, -0.05) is 13.8 Å². The summed E-state index contributed by atoms with van der Waals surface area (Å²) in [7, 11) is 4.18. The maximum absolute atomic E-state index is 9.23. The van der Waals surface area contributed by atoms with E-state index in [2.05, 4.69) is 42.7 Å². The Morgan fingerprint density at radius 3 is 2.44 bits per heavy atom. The summed E-state index contributed by atoms with van der Waals surface area (Å²) in [6.07, 6.45) is 1.51. The number of pyridine rings is 1. The normalized spacial score (nSPS) is 11.7. The van der Waals surface area contributed by atoms with Crippen molar-refractivity contribution in [2.45, 2.75) is 20.4 Å². The van der Waals surface area contributed by atoms with Gasteiger partial charge in [-0.3, -0.25) is 9.88 Å². The minimum atomic E-state index is 0.224. The van der Waals surface area contributed by atoms with Gasteiger partial charge in [0.2, 0.25) is 0 Å². The van der Waals surface area contributed by atoms with E-state index in [0.29, 0.717) is 5.92 Å². The van der Waals surface area contributed by atoms with Crippen LogP contribution in [-0.4, -0.2) is 53.6 Å². The van der Waals surface area contributed by atoms with Gasteiger partial charge in [-0.05, 0) is 32.1 Å². The molecule has 0 radical (unpaired) electrons. The summed E-state index contributed by atoms with van der Waals surface area (Å²) in [6.45, 7) is 8.45. The summed E-state index contributed by atoms with van der Waals surface area (Å²) in [5.74, 6) is 0.867. The van der Waals surface area contributed by atoms with Crippen LogP contribution in [0.5, 0.6) is 5.75 Å². The van der Waals surface area contributed by atoms with Crippen molar-refractivity contribution in [1.29, 1.82) is 0 Å². The maximum Gasteiger partial charge on any atom is 0.133 e. The lowest BCUT2D eigenvalue weighted by atomic mass is 10.2. The molecule has 1 heterocycles. The van der Waals surface area contributed by atoms with E-state index < -0.39 is 0 Å². The van der Waals surface area contributed by atoms with Gasteiger partial charge in [0.25, 0.3) is 0 Å². The van der Waals surface area contributed by atoms with Gasteiger partial charge < -0.3 is 10.0 Å². The predicted octanol–water partition coefficient (Wildman–Crippen LogP) is 1.81. The van der Waals surface area contributed by atoms with Crippen LogP contribution in [0.25, 0.3) is 0 Å². The molecule has 0 bridgehead atoms. The van der Waals surface area contributed by atoms with Crippen molar-refractivity contribution in [3.8, 4) is 5.75 Å². The van der Waals surface area contributed by atoms with Crippen molar-refractivity contribution < 1.29 is 5.11 Å². The van der Waals surface area contributed by atoms with Gasteiger partial charge in [-0.2, -0.15) is 0 Å². The third-order valence-electron chi connectivity index (χ3n) is 2.68. The van der Waals surface area contributed by atoms with E-state index in [0.717, 1.165) is 31.9 Å². The first-order chi connectivity index (χ1) is 8.47. The van der Waals surface area contributed by atoms with Crippen molar-refractivity contribution in [2.75, 3.05) is 33.7 Å². The number of aromatic nitrogens is 1. The van der Waals surface area contributed by atoms with E-state index in [1.54, 1.807) is 6.07 Å². The summed E-state index contributed by atoms with van der Waals surface area (Å²) in [4.78, 5) is 8.85. The van der Waals surface area contributed by atoms with Gasteiger partial charge in [-0.25, -0.2) is 0 Å². The monoisotopic (exact) mass is 251 g/mol. The standard InChI is InChI=1S/C14H25N3O/c1-12(2)10-17(8-7-16(3)4)11-13-5-6-14(18)9-15-13/h5-6,9,12,18H,7-8,10-11H2,1-4H3. The van der Waals surface area contributed by atoms with Gasteiger partial charge in [0.15, 0.2) is 0 Å². The van der Waals surface area contributed by atoms with Crippen molar-refractivity contribution in [1.82, 2.24) is 14.8 Å². The Morgan fingerprint density at radius 2 is 1.94 bits per heavy atom. The third-order valence-corrected chi connectivity index (χ3v) is 2.68. The lowest BCUT2D eigenvalue weighted by Gasteiger charge is -2.25. The third kappa shape index (κ3) is 5.98. The van der Waals surface area contributed by atoms with Crippen molar-refractivity contribution in [2.24, 2.45) is 5.92 Å². The number of hydrogen-bond acceptors (Lipinski definition) is 4. The van der Waals surface area contributed by atoms with Gasteiger partial charge in [0.1, 0.15) is 5.75 Å². The molecule has 4 nitrogen and oxygen atoms in total. The Hall–Kier alpha value is -1.13. The fraction of sp³-hybridized carbons (Fsp3) is 0.643. The van der Waals surface area contributed by atoms with Crippen LogP contribution in [0.4, 0.5) is 0 Å². The average molecular weight is 251 g/mol. The SMILES string of the molecule is CC(C)CN(CCN(C)C)Cc1ccc(O)cn1. The van der Waals surface area contributed by atoms with Crippen LogP contribution in [0.1, 0.15) is 19.5 Å². The van der Waals surface area contributed by atoms with E-state index in [-0.39, 0.29) is 5.75 Å². The molecule has 0 unspecified atom stereocenters. The Balaban J connectivity index is 2.56. The van der Waals surface area contributed by atoms with Gasteiger partial charge in [0.05, 0.1) is 11.9 Å². The largest absolute Gasteiger partial charge is 0.506 e. The van der Waals surface area contributed by atoms with E-state index >= 15 is 0 Å². The zero-order valence-corrected chi connectivity index (χ0v) is 11.9. The molecule has 1 rings (SSSR count). The minimum absolute atomic E-state index is 0.224. The zero-order chi connectivity index (χ0) is 13.5. The lowest BCUT2D eigenvalue weighted by Crippen LogP contribution is -2.34. The summed E-state index contributed by atoms with van der Waals surface area (Å²) in [5.41, 5.74) is 1.01. The molecule has 102 valence electrons. The van der Waals surface area contributed by atoms with E-state index in [9.17, 15) is 5.11 Å². The second-order valence-corrected chi connectivity index (χ2v) is 5.44. The van der Waals surface area contributed by atoms with Crippen LogP contribution >= 0.6 is 0 Å². The number of likely N-dealkylation sites (N-methyl/N-ethyl adjacent to an activating group) is 1. The van der Waals surface area contributed by atoms with Crippen LogP contribution < -0.4 is 0 Å². The molecule has 1 aromatic heterocycles. The second-order valence-electron chi connectivity index (χ2n) is 5.44. The summed E-state index contributed by atoms with van der Waals surface area (Å²) in [5, 5.41) is 9.23. The van der Waals surface area contributed by atoms with Crippen LogP contribution in [-0.2, 0) is 6.54 Å². The molecule has 0 amide bonds. The Labute approximate surface area is 110 Å². The van der Waals surface area contributed by atoms with Crippen LogP contribution in [0, 0.1) is 5.92 Å². The number of hydrogen-bond donors (Lipinski definition) is 1. The van der Waals surface area contributed by atoms with E-state index in [1.807, 2.05) is 6.07 Å². The first-order valence-electron chi connectivity index (χ1n) is 6.48. The molecule has 0 aliphatic carbocycles. The quantitative estimate of drug-likeness (QED) is 0.802. The van der Waals surface area contributed by atoms with Crippen LogP contribution in [0.3, 0.4) is 0 Å². The Kier molecular flexibility index (Phi) is 6.09. The highest BCUT2D eigenvalue weighted by Crippen LogP contribution is 2.09. The first kappa shape index (κ1) is 14.9. The summed E-state index contributed by atoms with van der Waals surface area (Å²) >= 11 is 0. The van der Waals surface area contributed by atoms with Crippen molar-refractivity contribution in [3.63, 3.8) is 0 Å². The van der Waals surface area contributed by atoms with Gasteiger partial charge in [-0.15, -0.1) is 0 Å². The summed E-state index contributed by atoms with van der Waals surface area (Å²) < 4.78 is 0. The molecular formula is C14H25N3O. The van der Waals surface area contributed by atoms with Gasteiger partial charge >= 0.3 is 0 Å². The molecule has 0 aliphatic rings. The first-order valence-corrected chi connectivity index (χ1v) is 6.48. The molecule has 1 N–H and O–H groups in total. The zero-order valence-electron chi connectivity index (χ0n) is 11.9. The van der Waals surface area contributed by atoms with E-state index in [4.69, 9.17) is 0 Å². The topological polar surface area (TPSA) is 39.6 Å². The highest BCUT2D eigenvalue weighted by atomic mass is 16.3.